The molecule has 0 spiro atoms. The first-order valence-electron chi connectivity index (χ1n) is 13.6. The van der Waals surface area contributed by atoms with Gasteiger partial charge in [-0.15, -0.1) is 0 Å². The fourth-order valence-electron chi connectivity index (χ4n) is 4.27. The number of esters is 1. The van der Waals surface area contributed by atoms with Gasteiger partial charge in [0.15, 0.2) is 17.7 Å². The maximum atomic E-state index is 12.4. The highest BCUT2D eigenvalue weighted by atomic mass is 35.5. The minimum absolute atomic E-state index is 0.144. The summed E-state index contributed by atoms with van der Waals surface area (Å²) in [5.74, 6) is 0.826. The van der Waals surface area contributed by atoms with Gasteiger partial charge in [-0.1, -0.05) is 35.3 Å². The van der Waals surface area contributed by atoms with Crippen molar-refractivity contribution in [1.82, 2.24) is 16.1 Å². The summed E-state index contributed by atoms with van der Waals surface area (Å²) in [7, 11) is 1.27. The number of carbonyl (C=O) groups excluding carboxylic acids is 2. The van der Waals surface area contributed by atoms with Gasteiger partial charge in [-0.3, -0.25) is 5.43 Å². The molecule has 0 aromatic heterocycles. The summed E-state index contributed by atoms with van der Waals surface area (Å²) in [5.41, 5.74) is 5.54. The highest BCUT2D eigenvalue weighted by Gasteiger charge is 2.32. The van der Waals surface area contributed by atoms with E-state index in [-0.39, 0.29) is 12.2 Å². The van der Waals surface area contributed by atoms with Crippen LogP contribution in [0.5, 0.6) is 17.2 Å². The van der Waals surface area contributed by atoms with E-state index in [1.54, 1.807) is 55.6 Å². The lowest BCUT2D eigenvalue weighted by Crippen LogP contribution is -2.45. The van der Waals surface area contributed by atoms with E-state index in [2.05, 4.69) is 21.2 Å². The largest absolute Gasteiger partial charge is 0.490 e. The molecular formula is C31H32Cl2N4O7. The molecule has 44 heavy (non-hydrogen) atoms. The van der Waals surface area contributed by atoms with Crippen molar-refractivity contribution < 1.29 is 33.6 Å². The smallest absolute Gasteiger partial charge is 0.337 e. The zero-order valence-electron chi connectivity index (χ0n) is 24.2. The molecule has 4 N–H and O–H groups in total. The molecule has 0 bridgehead atoms. The number of aliphatic hydroxyl groups is 1. The third-order valence-corrected chi connectivity index (χ3v) is 7.12. The van der Waals surface area contributed by atoms with E-state index in [4.69, 9.17) is 42.1 Å². The summed E-state index contributed by atoms with van der Waals surface area (Å²) >= 11 is 12.0. The summed E-state index contributed by atoms with van der Waals surface area (Å²) in [6, 6.07) is 16.4. The van der Waals surface area contributed by atoms with Crippen molar-refractivity contribution in [3.63, 3.8) is 0 Å². The molecule has 3 aromatic carbocycles. The van der Waals surface area contributed by atoms with Crippen molar-refractivity contribution in [2.45, 2.75) is 32.7 Å². The first-order valence-corrected chi connectivity index (χ1v) is 14.3. The first kappa shape index (κ1) is 32.5. The summed E-state index contributed by atoms with van der Waals surface area (Å²) in [4.78, 5) is 24.6. The van der Waals surface area contributed by atoms with Crippen molar-refractivity contribution in [1.29, 1.82) is 0 Å². The standard InChI is InChI=1S/C31H32Cl2N4O7/c1-4-42-26-14-21(29-28(30(39)41-3)18(2)35-31(40)36-29)8-12-25(26)44-17-27(38)37-34-15-19-5-9-22(10-6-19)43-16-20-7-11-23(32)24(33)13-20/h5-15,27,29,37-38H,4,16-17H2,1-3H3,(H2,35,36,40)/b34-15-/t27-,29+/m0/s1. The Morgan fingerprint density at radius 2 is 1.82 bits per heavy atom. The number of methoxy groups -OCH3 is 1. The number of halogens is 2. The van der Waals surface area contributed by atoms with Gasteiger partial charge in [0.25, 0.3) is 0 Å². The molecule has 1 aliphatic heterocycles. The fraction of sp³-hybridized carbons (Fsp3) is 0.258. The van der Waals surface area contributed by atoms with Gasteiger partial charge in [0.1, 0.15) is 19.0 Å². The summed E-state index contributed by atoms with van der Waals surface area (Å²) < 4.78 is 22.2. The van der Waals surface area contributed by atoms with Crippen molar-refractivity contribution in [2.24, 2.45) is 5.10 Å². The van der Waals surface area contributed by atoms with Crippen LogP contribution in [0.1, 0.15) is 36.6 Å². The molecule has 0 unspecified atom stereocenters. The summed E-state index contributed by atoms with van der Waals surface area (Å²) in [6.45, 7) is 3.97. The number of benzene rings is 3. The van der Waals surface area contributed by atoms with Gasteiger partial charge >= 0.3 is 12.0 Å². The maximum Gasteiger partial charge on any atom is 0.337 e. The Hall–Kier alpha value is -4.45. The number of hydrogen-bond donors (Lipinski definition) is 4. The van der Waals surface area contributed by atoms with Crippen LogP contribution in [-0.2, 0) is 16.1 Å². The molecule has 0 aliphatic carbocycles. The number of carbonyl (C=O) groups is 2. The fourth-order valence-corrected chi connectivity index (χ4v) is 4.59. The van der Waals surface area contributed by atoms with Crippen molar-refractivity contribution in [3.8, 4) is 17.2 Å². The van der Waals surface area contributed by atoms with E-state index in [9.17, 15) is 14.7 Å². The number of allylic oxidation sites excluding steroid dienone is 1. The number of hydrogen-bond acceptors (Lipinski definition) is 9. The van der Waals surface area contributed by atoms with Crippen molar-refractivity contribution in [3.05, 3.63) is 98.7 Å². The van der Waals surface area contributed by atoms with Gasteiger partial charge in [0, 0.05) is 5.70 Å². The SMILES string of the molecule is CCOc1cc([C@H]2NC(=O)NC(C)=C2C(=O)OC)ccc1OC[C@H](O)N/N=C\c1ccc(OCc2ccc(Cl)c(Cl)c2)cc1. The van der Waals surface area contributed by atoms with Gasteiger partial charge in [0.05, 0.1) is 41.6 Å². The highest BCUT2D eigenvalue weighted by molar-refractivity contribution is 6.42. The Kier molecular flexibility index (Phi) is 11.3. The topological polar surface area (TPSA) is 140 Å². The number of ether oxygens (including phenoxy) is 4. The van der Waals surface area contributed by atoms with Crippen LogP contribution in [0.25, 0.3) is 0 Å². The number of hydrazone groups is 1. The molecule has 0 saturated carbocycles. The lowest BCUT2D eigenvalue weighted by Gasteiger charge is -2.28. The molecule has 3 aromatic rings. The van der Waals surface area contributed by atoms with Gasteiger partial charge in [0.2, 0.25) is 0 Å². The molecule has 1 aliphatic rings. The number of rotatable bonds is 13. The minimum atomic E-state index is -1.13. The van der Waals surface area contributed by atoms with E-state index >= 15 is 0 Å². The molecule has 11 nitrogen and oxygen atoms in total. The zero-order valence-corrected chi connectivity index (χ0v) is 25.7. The average Bonchev–Trinajstić information content (AvgIpc) is 3.01. The molecular weight excluding hydrogens is 611 g/mol. The Morgan fingerprint density at radius 1 is 1.05 bits per heavy atom. The van der Waals surface area contributed by atoms with Crippen LogP contribution in [0.4, 0.5) is 4.79 Å². The second kappa shape index (κ2) is 15.3. The van der Waals surface area contributed by atoms with Crippen LogP contribution < -0.4 is 30.3 Å². The van der Waals surface area contributed by atoms with Crippen LogP contribution in [0.2, 0.25) is 10.0 Å². The number of nitrogens with zero attached hydrogens (tertiary/aromatic N) is 1. The predicted octanol–water partition coefficient (Wildman–Crippen LogP) is 5.09. The van der Waals surface area contributed by atoms with Crippen LogP contribution in [-0.4, -0.2) is 49.9 Å². The number of urea groups is 1. The molecule has 13 heteroatoms. The molecule has 2 amide bonds. The Labute approximate surface area is 264 Å². The number of amides is 2. The monoisotopic (exact) mass is 642 g/mol. The summed E-state index contributed by atoms with van der Waals surface area (Å²) in [5, 5.41) is 20.7. The van der Waals surface area contributed by atoms with Crippen LogP contribution in [0.3, 0.4) is 0 Å². The Balaban J connectivity index is 1.32. The molecule has 0 radical (unpaired) electrons. The molecule has 0 saturated heterocycles. The van der Waals surface area contributed by atoms with Gasteiger partial charge in [-0.2, -0.15) is 5.10 Å². The molecule has 232 valence electrons. The highest BCUT2D eigenvalue weighted by Crippen LogP contribution is 2.35. The van der Waals surface area contributed by atoms with Crippen molar-refractivity contribution >= 4 is 41.4 Å². The van der Waals surface area contributed by atoms with Crippen LogP contribution >= 0.6 is 23.2 Å². The third kappa shape index (κ3) is 8.56. The zero-order chi connectivity index (χ0) is 31.6. The lowest BCUT2D eigenvalue weighted by atomic mass is 9.95. The molecule has 4 rings (SSSR count). The number of aliphatic hydroxyl groups excluding tert-OH is 1. The van der Waals surface area contributed by atoms with Gasteiger partial charge in [-0.05, 0) is 79.1 Å². The second-order valence-electron chi connectivity index (χ2n) is 9.52. The predicted molar refractivity (Wildman–Crippen MR) is 166 cm³/mol. The normalized spacial score (nSPS) is 15.3. The van der Waals surface area contributed by atoms with Gasteiger partial charge in [-0.25, -0.2) is 9.59 Å². The van der Waals surface area contributed by atoms with E-state index in [0.717, 1.165) is 11.1 Å². The molecule has 1 heterocycles. The van der Waals surface area contributed by atoms with Crippen LogP contribution in [0.15, 0.2) is 77.0 Å². The maximum absolute atomic E-state index is 12.4. The van der Waals surface area contributed by atoms with Crippen molar-refractivity contribution in [2.75, 3.05) is 20.3 Å². The Morgan fingerprint density at radius 3 is 2.52 bits per heavy atom. The number of nitrogens with one attached hydrogen (secondary N) is 3. The van der Waals surface area contributed by atoms with Gasteiger partial charge < -0.3 is 34.7 Å². The van der Waals surface area contributed by atoms with E-state index in [0.29, 0.717) is 51.8 Å². The molecule has 2 atom stereocenters. The van der Waals surface area contributed by atoms with E-state index in [1.807, 2.05) is 25.1 Å². The minimum Gasteiger partial charge on any atom is -0.490 e. The van der Waals surface area contributed by atoms with E-state index < -0.39 is 24.3 Å². The Bertz CT molecular complexity index is 1550. The third-order valence-electron chi connectivity index (χ3n) is 6.38. The molecule has 0 fully saturated rings. The lowest BCUT2D eigenvalue weighted by molar-refractivity contribution is -0.136. The van der Waals surface area contributed by atoms with E-state index in [1.165, 1.54) is 7.11 Å². The average molecular weight is 644 g/mol. The summed E-state index contributed by atoms with van der Waals surface area (Å²) in [6.07, 6.45) is 0.420. The first-order chi connectivity index (χ1) is 21.2. The van der Waals surface area contributed by atoms with Crippen LogP contribution in [0, 0.1) is 0 Å². The quantitative estimate of drug-likeness (QED) is 0.0875. The second-order valence-corrected chi connectivity index (χ2v) is 10.3.